The van der Waals surface area contributed by atoms with Crippen molar-refractivity contribution in [2.45, 2.75) is 11.8 Å². The normalized spacial score (nSPS) is 31.4. The van der Waals surface area contributed by atoms with E-state index in [0.29, 0.717) is 10.6 Å². The first-order valence-corrected chi connectivity index (χ1v) is 8.89. The van der Waals surface area contributed by atoms with Gasteiger partial charge in [-0.3, -0.25) is 9.59 Å². The van der Waals surface area contributed by atoms with Crippen LogP contribution >= 0.6 is 11.6 Å². The number of carbonyl (C=O) groups excluding carboxylic acids is 2. The summed E-state index contributed by atoms with van der Waals surface area (Å²) in [6, 6.07) is 14.7. The van der Waals surface area contributed by atoms with Crippen molar-refractivity contribution in [3.8, 4) is 0 Å². The molecule has 3 nitrogen and oxygen atoms in total. The second-order valence-corrected chi connectivity index (χ2v) is 7.54. The molecule has 2 aromatic rings. The van der Waals surface area contributed by atoms with Gasteiger partial charge in [-0.15, -0.1) is 0 Å². The second kappa shape index (κ2) is 5.06. The molecule has 1 amide bonds. The van der Waals surface area contributed by atoms with Crippen molar-refractivity contribution in [2.24, 2.45) is 17.8 Å². The molecule has 1 spiro atoms. The number of fused-ring (bicyclic) bond motifs is 5. The number of hydrogen-bond acceptors (Lipinski definition) is 2. The van der Waals surface area contributed by atoms with Gasteiger partial charge in [0.25, 0.3) is 0 Å². The average Bonchev–Trinajstić information content (AvgIpc) is 3.29. The molecule has 1 N–H and O–H groups in total. The van der Waals surface area contributed by atoms with Crippen molar-refractivity contribution >= 4 is 29.0 Å². The van der Waals surface area contributed by atoms with E-state index >= 15 is 0 Å². The molecule has 2 aromatic carbocycles. The third-order valence-corrected chi connectivity index (χ3v) is 6.28. The predicted molar refractivity (Wildman–Crippen MR) is 96.8 cm³/mol. The Morgan fingerprint density at radius 2 is 1.84 bits per heavy atom. The first-order chi connectivity index (χ1) is 12.1. The van der Waals surface area contributed by atoms with Crippen LogP contribution in [-0.2, 0) is 10.2 Å². The molecule has 1 saturated carbocycles. The quantitative estimate of drug-likeness (QED) is 0.651. The number of halogens is 1. The van der Waals surface area contributed by atoms with Gasteiger partial charge in [0.1, 0.15) is 0 Å². The van der Waals surface area contributed by atoms with Crippen molar-refractivity contribution in [2.75, 3.05) is 5.32 Å². The molecule has 4 atom stereocenters. The summed E-state index contributed by atoms with van der Waals surface area (Å²) < 4.78 is 0. The molecule has 2 bridgehead atoms. The van der Waals surface area contributed by atoms with Gasteiger partial charge in [0.05, 0.1) is 5.41 Å². The molecule has 4 heteroatoms. The number of allylic oxidation sites excluding steroid dienone is 2. The van der Waals surface area contributed by atoms with Gasteiger partial charge in [-0.25, -0.2) is 0 Å². The van der Waals surface area contributed by atoms with Crippen LogP contribution in [0.3, 0.4) is 0 Å². The molecule has 1 heterocycles. The van der Waals surface area contributed by atoms with Gasteiger partial charge in [-0.05, 0) is 54.2 Å². The van der Waals surface area contributed by atoms with E-state index in [-0.39, 0.29) is 29.4 Å². The first-order valence-electron chi connectivity index (χ1n) is 8.51. The van der Waals surface area contributed by atoms with Crippen molar-refractivity contribution in [3.63, 3.8) is 0 Å². The van der Waals surface area contributed by atoms with Crippen LogP contribution in [0, 0.1) is 17.8 Å². The zero-order valence-electron chi connectivity index (χ0n) is 13.4. The van der Waals surface area contributed by atoms with Gasteiger partial charge in [-0.1, -0.05) is 42.0 Å². The lowest BCUT2D eigenvalue weighted by Gasteiger charge is -2.36. The van der Waals surface area contributed by atoms with Gasteiger partial charge < -0.3 is 5.32 Å². The lowest BCUT2D eigenvalue weighted by Crippen LogP contribution is -2.48. The number of Topliss-reactive ketones (excluding diaryl/α,β-unsaturated/α-hetero) is 1. The van der Waals surface area contributed by atoms with Gasteiger partial charge >= 0.3 is 0 Å². The lowest BCUT2D eigenvalue weighted by molar-refractivity contribution is -0.122. The molecule has 0 aromatic heterocycles. The van der Waals surface area contributed by atoms with E-state index < -0.39 is 5.41 Å². The van der Waals surface area contributed by atoms with Crippen molar-refractivity contribution in [3.05, 3.63) is 76.8 Å². The SMILES string of the molecule is O=C(c1ccc(Cl)cc1)C1C2C=CC(C2)C12C(=O)Nc1ccccc12. The number of rotatable bonds is 2. The zero-order chi connectivity index (χ0) is 17.2. The molecule has 124 valence electrons. The highest BCUT2D eigenvalue weighted by molar-refractivity contribution is 6.30. The number of para-hydroxylation sites is 1. The van der Waals surface area contributed by atoms with Crippen LogP contribution in [0.2, 0.25) is 5.02 Å². The minimum atomic E-state index is -0.785. The molecule has 2 aliphatic carbocycles. The van der Waals surface area contributed by atoms with Crippen molar-refractivity contribution in [1.29, 1.82) is 0 Å². The topological polar surface area (TPSA) is 46.2 Å². The Bertz CT molecular complexity index is 933. The number of hydrogen-bond donors (Lipinski definition) is 1. The first kappa shape index (κ1) is 14.9. The average molecular weight is 350 g/mol. The van der Waals surface area contributed by atoms with Crippen LogP contribution in [-0.4, -0.2) is 11.7 Å². The molecule has 4 unspecified atom stereocenters. The number of ketones is 1. The van der Waals surface area contributed by atoms with Crippen LogP contribution in [0.25, 0.3) is 0 Å². The number of benzene rings is 2. The lowest BCUT2D eigenvalue weighted by atomic mass is 9.63. The summed E-state index contributed by atoms with van der Waals surface area (Å²) in [4.78, 5) is 26.5. The molecule has 25 heavy (non-hydrogen) atoms. The minimum Gasteiger partial charge on any atom is -0.325 e. The highest BCUT2D eigenvalue weighted by Crippen LogP contribution is 2.61. The molecule has 1 aliphatic heterocycles. The minimum absolute atomic E-state index is 0.0281. The zero-order valence-corrected chi connectivity index (χ0v) is 14.2. The molecule has 5 rings (SSSR count). The Morgan fingerprint density at radius 1 is 1.08 bits per heavy atom. The third-order valence-electron chi connectivity index (χ3n) is 6.03. The van der Waals surface area contributed by atoms with Crippen molar-refractivity contribution < 1.29 is 9.59 Å². The van der Waals surface area contributed by atoms with Gasteiger partial charge in [0, 0.05) is 22.2 Å². The number of amides is 1. The van der Waals surface area contributed by atoms with Crippen LogP contribution in [0.1, 0.15) is 22.3 Å². The molecular formula is C21H16ClNO2. The summed E-state index contributed by atoms with van der Waals surface area (Å²) in [6.45, 7) is 0. The van der Waals surface area contributed by atoms with Crippen LogP contribution in [0.15, 0.2) is 60.7 Å². The number of anilines is 1. The molecule has 1 fully saturated rings. The van der Waals surface area contributed by atoms with E-state index in [1.54, 1.807) is 24.3 Å². The highest BCUT2D eigenvalue weighted by atomic mass is 35.5. The van der Waals surface area contributed by atoms with E-state index in [0.717, 1.165) is 17.7 Å². The summed E-state index contributed by atoms with van der Waals surface area (Å²) >= 11 is 5.96. The van der Waals surface area contributed by atoms with Crippen molar-refractivity contribution in [1.82, 2.24) is 0 Å². The Balaban J connectivity index is 1.69. The van der Waals surface area contributed by atoms with Gasteiger partial charge in [-0.2, -0.15) is 0 Å². The molecule has 0 radical (unpaired) electrons. The summed E-state index contributed by atoms with van der Waals surface area (Å²) in [5.41, 5.74) is 1.63. The highest BCUT2D eigenvalue weighted by Gasteiger charge is 2.66. The maximum Gasteiger partial charge on any atom is 0.236 e. The van der Waals surface area contributed by atoms with Crippen LogP contribution in [0.4, 0.5) is 5.69 Å². The summed E-state index contributed by atoms with van der Waals surface area (Å²) in [7, 11) is 0. The third kappa shape index (κ3) is 1.82. The van der Waals surface area contributed by atoms with Gasteiger partial charge in [0.15, 0.2) is 5.78 Å². The standard InChI is InChI=1S/C21H16ClNO2/c22-15-9-6-12(7-10-15)19(24)18-13-5-8-14(11-13)21(18)16-3-1-2-4-17(16)23-20(21)25/h1-10,13-14,18H,11H2,(H,23,25). The number of carbonyl (C=O) groups is 2. The van der Waals surface area contributed by atoms with Crippen LogP contribution in [0.5, 0.6) is 0 Å². The fraction of sp³-hybridized carbons (Fsp3) is 0.238. The smallest absolute Gasteiger partial charge is 0.236 e. The van der Waals surface area contributed by atoms with Gasteiger partial charge in [0.2, 0.25) is 5.91 Å². The summed E-state index contributed by atoms with van der Waals surface area (Å²) in [5.74, 6) is -0.210. The fourth-order valence-corrected chi connectivity index (χ4v) is 5.18. The predicted octanol–water partition coefficient (Wildman–Crippen LogP) is 4.23. The summed E-state index contributed by atoms with van der Waals surface area (Å²) in [5, 5.41) is 3.61. The maximum atomic E-state index is 13.4. The molecule has 0 saturated heterocycles. The Hall–Kier alpha value is -2.39. The Labute approximate surface area is 150 Å². The Kier molecular flexibility index (Phi) is 3.02. The largest absolute Gasteiger partial charge is 0.325 e. The van der Waals surface area contributed by atoms with E-state index in [9.17, 15) is 9.59 Å². The maximum absolute atomic E-state index is 13.4. The van der Waals surface area contributed by atoms with E-state index in [1.807, 2.05) is 24.3 Å². The van der Waals surface area contributed by atoms with E-state index in [1.165, 1.54) is 0 Å². The van der Waals surface area contributed by atoms with E-state index in [2.05, 4.69) is 17.5 Å². The number of nitrogens with one attached hydrogen (secondary N) is 1. The monoisotopic (exact) mass is 349 g/mol. The molecular weight excluding hydrogens is 334 g/mol. The summed E-state index contributed by atoms with van der Waals surface area (Å²) in [6.07, 6.45) is 5.09. The van der Waals surface area contributed by atoms with Crippen LogP contribution < -0.4 is 5.32 Å². The fourth-order valence-electron chi connectivity index (χ4n) is 5.05. The second-order valence-electron chi connectivity index (χ2n) is 7.11. The molecule has 3 aliphatic rings. The Morgan fingerprint density at radius 3 is 2.64 bits per heavy atom. The van der Waals surface area contributed by atoms with E-state index in [4.69, 9.17) is 11.6 Å².